The van der Waals surface area contributed by atoms with Crippen LogP contribution in [-0.4, -0.2) is 14.1 Å². The minimum atomic E-state index is -0.286. The summed E-state index contributed by atoms with van der Waals surface area (Å²) in [5.41, 5.74) is 9.56. The molecule has 0 saturated carbocycles. The van der Waals surface area contributed by atoms with Crippen molar-refractivity contribution >= 4 is 76.5 Å². The van der Waals surface area contributed by atoms with Crippen molar-refractivity contribution in [1.82, 2.24) is 14.1 Å². The highest BCUT2D eigenvalue weighted by molar-refractivity contribution is 6.21. The van der Waals surface area contributed by atoms with Crippen molar-refractivity contribution in [2.24, 2.45) is 0 Å². The lowest BCUT2D eigenvalue weighted by Crippen LogP contribution is -2.17. The molecule has 0 amide bonds. The van der Waals surface area contributed by atoms with E-state index in [2.05, 4.69) is 162 Å². The molecule has 5 heteroatoms. The summed E-state index contributed by atoms with van der Waals surface area (Å²) >= 11 is 0. The Kier molecular flexibility index (Phi) is 7.78. The van der Waals surface area contributed by atoms with Gasteiger partial charge in [0.15, 0.2) is 0 Å². The van der Waals surface area contributed by atoms with Crippen LogP contribution in [0.25, 0.3) is 71.0 Å². The number of rotatable bonds is 4. The van der Waals surface area contributed by atoms with Gasteiger partial charge in [0.1, 0.15) is 24.0 Å². The van der Waals surface area contributed by atoms with E-state index in [9.17, 15) is 0 Å². The first kappa shape index (κ1) is 34.5. The van der Waals surface area contributed by atoms with Crippen molar-refractivity contribution in [2.75, 3.05) is 4.90 Å². The summed E-state index contributed by atoms with van der Waals surface area (Å²) in [7, 11) is 0. The first-order valence-corrected chi connectivity index (χ1v) is 21.8. The predicted molar refractivity (Wildman–Crippen MR) is 266 cm³/mol. The van der Waals surface area contributed by atoms with Gasteiger partial charge in [-0.15, -0.1) is 0 Å². The number of fused-ring (bicyclic) bond motifs is 10. The molecule has 310 valence electrons. The van der Waals surface area contributed by atoms with Gasteiger partial charge in [0.2, 0.25) is 0 Å². The van der Waals surface area contributed by atoms with Crippen LogP contribution in [0.3, 0.4) is 0 Å². The minimum Gasteiger partial charge on any atom is -0.457 e. The van der Waals surface area contributed by atoms with Gasteiger partial charge in [-0.25, -0.2) is 4.98 Å². The average molecular weight is 825 g/mol. The second-order valence-corrected chi connectivity index (χ2v) is 19.2. The molecule has 0 saturated heterocycles. The number of nitrogens with zero attached hydrogens (tertiary/aromatic N) is 4. The second kappa shape index (κ2) is 14.2. The number of benzene rings is 7. The number of para-hydroxylation sites is 3. The number of hydrogen-bond donors (Lipinski definition) is 0. The third kappa shape index (κ3) is 6.32. The van der Waals surface area contributed by atoms with Gasteiger partial charge in [-0.2, -0.15) is 0 Å². The van der Waals surface area contributed by atoms with E-state index in [1.54, 1.807) is 6.20 Å². The van der Waals surface area contributed by atoms with Crippen LogP contribution in [0.2, 0.25) is 0 Å². The maximum Gasteiger partial charge on any atom is 0.137 e. The molecule has 3 aromatic heterocycles. The van der Waals surface area contributed by atoms with Crippen molar-refractivity contribution in [3.63, 3.8) is 0 Å². The summed E-state index contributed by atoms with van der Waals surface area (Å²) in [4.78, 5) is 7.20. The monoisotopic (exact) mass is 824 g/mol. The van der Waals surface area contributed by atoms with Gasteiger partial charge in [-0.1, -0.05) is 144 Å². The third-order valence-electron chi connectivity index (χ3n) is 12.9. The standard InChI is InChI=1S/C58H52N4O/c1-36-23-26-43-41-16-9-10-17-42(41)46-20-14-22-51-56(46)61(55-37(2)15-13-19-47(55)48(43)31-36)35-60(51)39-24-28-49(58(6,7)8)53(33-39)63-40-25-27-45-44-18-11-12-21-50(44)62(52(45)34-40)54-32-38(29-30-59-54)57(3,4)5/h9-34H,35H2,1-8H3/i11D,12D,18D,21D. The van der Waals surface area contributed by atoms with Crippen LogP contribution in [0, 0.1) is 13.8 Å². The average Bonchev–Trinajstić information content (AvgIpc) is 3.86. The molecule has 1 aliphatic rings. The minimum absolute atomic E-state index is 0.0853. The van der Waals surface area contributed by atoms with Crippen LogP contribution < -0.4 is 9.64 Å². The van der Waals surface area contributed by atoms with Crippen LogP contribution in [0.15, 0.2) is 158 Å². The van der Waals surface area contributed by atoms with Crippen molar-refractivity contribution in [1.29, 1.82) is 0 Å². The largest absolute Gasteiger partial charge is 0.457 e. The molecule has 0 bridgehead atoms. The summed E-state index contributed by atoms with van der Waals surface area (Å²) in [5, 5.41) is 8.35. The van der Waals surface area contributed by atoms with E-state index in [1.807, 2.05) is 34.9 Å². The Labute approximate surface area is 374 Å². The zero-order valence-electron chi connectivity index (χ0n) is 41.1. The number of aromatic nitrogens is 3. The number of pyridine rings is 1. The second-order valence-electron chi connectivity index (χ2n) is 19.2. The highest BCUT2D eigenvalue weighted by Gasteiger charge is 2.28. The van der Waals surface area contributed by atoms with E-state index >= 15 is 0 Å². The van der Waals surface area contributed by atoms with E-state index in [1.165, 1.54) is 49.0 Å². The van der Waals surface area contributed by atoms with Crippen LogP contribution >= 0.6 is 0 Å². The van der Waals surface area contributed by atoms with Gasteiger partial charge in [-0.05, 0) is 99.8 Å². The van der Waals surface area contributed by atoms with E-state index < -0.39 is 0 Å². The molecule has 0 atom stereocenters. The molecule has 0 unspecified atom stereocenters. The topological polar surface area (TPSA) is 35.2 Å². The maximum atomic E-state index is 9.14. The molecule has 63 heavy (non-hydrogen) atoms. The molecule has 5 nitrogen and oxygen atoms in total. The van der Waals surface area contributed by atoms with Crippen molar-refractivity contribution < 1.29 is 10.2 Å². The normalized spacial score (nSPS) is 13.9. The molecule has 4 heterocycles. The number of hydrogen-bond acceptors (Lipinski definition) is 3. The van der Waals surface area contributed by atoms with E-state index in [0.29, 0.717) is 45.8 Å². The molecule has 0 spiro atoms. The number of ether oxygens (including phenoxy) is 1. The van der Waals surface area contributed by atoms with Gasteiger partial charge < -0.3 is 14.2 Å². The SMILES string of the molecule is [2H]c1c([2H])c([2H])c2c(c1[2H])c1ccc(Oc3cc(N4Cn5c6c(C)cccc6c6cc(C)ccc6c6ccccc6c6cccc4c65)ccc3C(C)(C)C)cc1n2-c1cc(C(C)(C)C)ccn1. The lowest BCUT2D eigenvalue weighted by molar-refractivity contribution is 0.456. The molecule has 0 fully saturated rings. The van der Waals surface area contributed by atoms with Gasteiger partial charge in [-0.3, -0.25) is 4.57 Å². The zero-order valence-corrected chi connectivity index (χ0v) is 37.1. The quantitative estimate of drug-likeness (QED) is 0.177. The Morgan fingerprint density at radius 3 is 2.10 bits per heavy atom. The molecule has 1 aliphatic heterocycles. The lowest BCUT2D eigenvalue weighted by Gasteiger charge is -2.26. The molecule has 0 aliphatic carbocycles. The number of anilines is 2. The number of aryl methyl sites for hydroxylation is 2. The summed E-state index contributed by atoms with van der Waals surface area (Å²) in [6.07, 6.45) is 1.77. The fraction of sp³-hybridized carbons (Fsp3) is 0.190. The van der Waals surface area contributed by atoms with Crippen LogP contribution in [0.4, 0.5) is 11.4 Å². The molecular weight excluding hydrogens is 769 g/mol. The fourth-order valence-electron chi connectivity index (χ4n) is 9.76. The van der Waals surface area contributed by atoms with Gasteiger partial charge in [0.05, 0.1) is 33.2 Å². The van der Waals surface area contributed by atoms with Gasteiger partial charge in [0, 0.05) is 51.1 Å². The summed E-state index contributed by atoms with van der Waals surface area (Å²) < 4.78 is 46.9. The summed E-state index contributed by atoms with van der Waals surface area (Å²) in [6.45, 7) is 18.0. The molecule has 7 aromatic carbocycles. The Morgan fingerprint density at radius 2 is 1.30 bits per heavy atom. The van der Waals surface area contributed by atoms with Crippen molar-refractivity contribution in [3.05, 3.63) is 180 Å². The Morgan fingerprint density at radius 1 is 0.587 bits per heavy atom. The fourth-order valence-corrected chi connectivity index (χ4v) is 9.76. The smallest absolute Gasteiger partial charge is 0.137 e. The van der Waals surface area contributed by atoms with Crippen LogP contribution in [-0.2, 0) is 17.5 Å². The van der Waals surface area contributed by atoms with Crippen molar-refractivity contribution in [3.8, 4) is 17.3 Å². The molecule has 0 N–H and O–H groups in total. The van der Waals surface area contributed by atoms with Crippen LogP contribution in [0.1, 0.15) is 69.3 Å². The van der Waals surface area contributed by atoms with E-state index in [4.69, 9.17) is 15.2 Å². The highest BCUT2D eigenvalue weighted by atomic mass is 16.5. The van der Waals surface area contributed by atoms with Crippen molar-refractivity contribution in [2.45, 2.75) is 72.9 Å². The highest BCUT2D eigenvalue weighted by Crippen LogP contribution is 2.46. The third-order valence-corrected chi connectivity index (χ3v) is 12.9. The molecule has 11 rings (SSSR count). The van der Waals surface area contributed by atoms with E-state index in [-0.39, 0.29) is 35.0 Å². The Hall–Kier alpha value is -7.11. The van der Waals surface area contributed by atoms with Gasteiger partial charge >= 0.3 is 0 Å². The Balaban J connectivity index is 1.12. The lowest BCUT2D eigenvalue weighted by atomic mass is 9.86. The molecule has 0 radical (unpaired) electrons. The van der Waals surface area contributed by atoms with Gasteiger partial charge in [0.25, 0.3) is 0 Å². The van der Waals surface area contributed by atoms with Crippen LogP contribution in [0.5, 0.6) is 11.5 Å². The summed E-state index contributed by atoms with van der Waals surface area (Å²) in [5.74, 6) is 1.86. The maximum absolute atomic E-state index is 9.14. The predicted octanol–water partition coefficient (Wildman–Crippen LogP) is 15.8. The summed E-state index contributed by atoms with van der Waals surface area (Å²) in [6, 6.07) is 44.5. The Bertz CT molecular complexity index is 3810. The first-order valence-electron chi connectivity index (χ1n) is 23.8. The zero-order chi connectivity index (χ0) is 46.8. The molecule has 10 aromatic rings. The first-order chi connectivity index (χ1) is 32.0. The van der Waals surface area contributed by atoms with E-state index in [0.717, 1.165) is 28.0 Å². The molecular formula is C58H52N4O.